The van der Waals surface area contributed by atoms with Gasteiger partial charge in [0.1, 0.15) is 11.6 Å². The van der Waals surface area contributed by atoms with Crippen molar-refractivity contribution in [2.75, 3.05) is 5.43 Å². The topological polar surface area (TPSA) is 116 Å². The third-order valence-corrected chi connectivity index (χ3v) is 9.93. The number of fused-ring (bicyclic) bond motifs is 4. The van der Waals surface area contributed by atoms with Crippen molar-refractivity contribution in [3.8, 4) is 5.75 Å². The van der Waals surface area contributed by atoms with Crippen molar-refractivity contribution in [2.45, 2.75) is 31.1 Å². The van der Waals surface area contributed by atoms with Crippen LogP contribution in [0.4, 0.5) is 10.1 Å². The number of nitrogens with one attached hydrogen (secondary N) is 2. The van der Waals surface area contributed by atoms with E-state index >= 15 is 0 Å². The Hall–Kier alpha value is -4.50. The van der Waals surface area contributed by atoms with Crippen molar-refractivity contribution < 1.29 is 28.7 Å². The van der Waals surface area contributed by atoms with Crippen LogP contribution in [-0.2, 0) is 24.6 Å². The molecular formula is C33H27ClFN3O5. The molecule has 3 aromatic carbocycles. The second kappa shape index (κ2) is 9.77. The number of hydrogen-bond acceptors (Lipinski definition) is 6. The summed E-state index contributed by atoms with van der Waals surface area (Å²) in [4.78, 5) is 55.2. The van der Waals surface area contributed by atoms with Gasteiger partial charge in [-0.25, -0.2) is 4.39 Å². The van der Waals surface area contributed by atoms with Crippen LogP contribution in [0.25, 0.3) is 0 Å². The van der Waals surface area contributed by atoms with Gasteiger partial charge in [-0.2, -0.15) is 5.01 Å². The number of aromatic hydroxyl groups is 1. The van der Waals surface area contributed by atoms with Gasteiger partial charge in [-0.3, -0.25) is 29.9 Å². The van der Waals surface area contributed by atoms with E-state index < -0.39 is 58.5 Å². The Morgan fingerprint density at radius 1 is 0.977 bits per heavy atom. The van der Waals surface area contributed by atoms with Crippen molar-refractivity contribution >= 4 is 40.9 Å². The van der Waals surface area contributed by atoms with E-state index in [0.29, 0.717) is 27.4 Å². The van der Waals surface area contributed by atoms with Gasteiger partial charge in [0.15, 0.2) is 0 Å². The molecule has 0 spiro atoms. The maximum absolute atomic E-state index is 14.9. The molecule has 0 bridgehead atoms. The molecule has 7 rings (SSSR count). The number of benzene rings is 3. The normalized spacial score (nSPS) is 29.5. The molecule has 0 radical (unpaired) electrons. The number of imide groups is 2. The lowest BCUT2D eigenvalue weighted by Gasteiger charge is -2.50. The minimum absolute atomic E-state index is 0.0135. The number of carbonyl (C=O) groups is 4. The van der Waals surface area contributed by atoms with E-state index in [-0.39, 0.29) is 24.5 Å². The highest BCUT2D eigenvalue weighted by Gasteiger charge is 2.70. The molecular weight excluding hydrogens is 573 g/mol. The van der Waals surface area contributed by atoms with Crippen LogP contribution in [-0.4, -0.2) is 33.7 Å². The number of hydrogen-bond donors (Lipinski definition) is 3. The highest BCUT2D eigenvalue weighted by Crippen LogP contribution is 2.64. The summed E-state index contributed by atoms with van der Waals surface area (Å²) >= 11 is 6.27. The second-order valence-electron chi connectivity index (χ2n) is 11.7. The van der Waals surface area contributed by atoms with Crippen LogP contribution < -0.4 is 10.7 Å². The number of aryl methyl sites for hydroxylation is 1. The zero-order valence-corrected chi connectivity index (χ0v) is 23.8. The lowest BCUT2D eigenvalue weighted by Crippen LogP contribution is -2.53. The maximum Gasteiger partial charge on any atom is 0.260 e. The van der Waals surface area contributed by atoms with E-state index in [0.717, 1.165) is 10.6 Å². The maximum atomic E-state index is 14.9. The fourth-order valence-corrected chi connectivity index (χ4v) is 7.95. The lowest BCUT2D eigenvalue weighted by molar-refractivity contribution is -0.138. The molecule has 2 heterocycles. The Bertz CT molecular complexity index is 1740. The highest BCUT2D eigenvalue weighted by molar-refractivity contribution is 6.30. The SMILES string of the molecule is Cc1cccc(C2C3=CCC4C(=O)NC(=O)C4C3CC3C(=O)N(Nc4ccc(F)cc4)C(=O)C32c2ccc(Cl)cc2)c1O. The van der Waals surface area contributed by atoms with Gasteiger partial charge in [0, 0.05) is 16.5 Å². The molecule has 2 saturated heterocycles. The van der Waals surface area contributed by atoms with E-state index in [9.17, 15) is 28.7 Å². The predicted octanol–water partition coefficient (Wildman–Crippen LogP) is 4.77. The molecule has 3 aromatic rings. The fraction of sp³-hybridized carbons (Fsp3) is 0.273. The number of anilines is 1. The third kappa shape index (κ3) is 3.87. The minimum atomic E-state index is -1.53. The molecule has 2 aliphatic heterocycles. The summed E-state index contributed by atoms with van der Waals surface area (Å²) in [5.74, 6) is -5.91. The summed E-state index contributed by atoms with van der Waals surface area (Å²) in [6.45, 7) is 1.75. The predicted molar refractivity (Wildman–Crippen MR) is 155 cm³/mol. The minimum Gasteiger partial charge on any atom is -0.507 e. The zero-order valence-electron chi connectivity index (χ0n) is 23.0. The quantitative estimate of drug-likeness (QED) is 0.294. The summed E-state index contributed by atoms with van der Waals surface area (Å²) in [5.41, 5.74) is 4.00. The number of amides is 4. The smallest absolute Gasteiger partial charge is 0.260 e. The Labute approximate surface area is 251 Å². The molecule has 218 valence electrons. The number of allylic oxidation sites excluding steroid dienone is 2. The van der Waals surface area contributed by atoms with E-state index in [4.69, 9.17) is 11.6 Å². The molecule has 6 atom stereocenters. The monoisotopic (exact) mass is 599 g/mol. The molecule has 6 unspecified atom stereocenters. The average molecular weight is 600 g/mol. The third-order valence-electron chi connectivity index (χ3n) is 9.68. The Kier molecular flexibility index (Phi) is 6.21. The summed E-state index contributed by atoms with van der Waals surface area (Å²) in [6, 6.07) is 17.3. The van der Waals surface area contributed by atoms with E-state index in [2.05, 4.69) is 10.7 Å². The standard InChI is InChI=1S/C33H27ClFN3O5/c1-16-3-2-4-23(28(16)39)27-21-13-14-22-26(30(41)36-29(22)40)24(21)15-25-31(42)38(37-20-11-9-19(35)10-12-20)32(43)33(25,27)17-5-7-18(34)8-6-17/h2-13,22,24-27,37,39H,14-15H2,1H3,(H,36,40,41). The molecule has 2 aliphatic carbocycles. The number of para-hydroxylation sites is 1. The fourth-order valence-electron chi connectivity index (χ4n) is 7.83. The van der Waals surface area contributed by atoms with Gasteiger partial charge in [-0.1, -0.05) is 53.6 Å². The summed E-state index contributed by atoms with van der Waals surface area (Å²) in [7, 11) is 0. The zero-order chi connectivity index (χ0) is 30.2. The summed E-state index contributed by atoms with van der Waals surface area (Å²) < 4.78 is 13.7. The Balaban J connectivity index is 1.49. The van der Waals surface area contributed by atoms with Crippen LogP contribution in [0.1, 0.15) is 35.4 Å². The largest absolute Gasteiger partial charge is 0.507 e. The molecule has 3 N–H and O–H groups in total. The molecule has 4 aliphatic rings. The highest BCUT2D eigenvalue weighted by atomic mass is 35.5. The number of carbonyl (C=O) groups excluding carboxylic acids is 4. The van der Waals surface area contributed by atoms with Gasteiger partial charge in [0.05, 0.1) is 28.9 Å². The van der Waals surface area contributed by atoms with Gasteiger partial charge in [-0.05, 0) is 73.2 Å². The number of halogens is 2. The van der Waals surface area contributed by atoms with E-state index in [1.165, 1.54) is 24.3 Å². The van der Waals surface area contributed by atoms with Gasteiger partial charge in [0.25, 0.3) is 11.8 Å². The summed E-state index contributed by atoms with van der Waals surface area (Å²) in [5, 5.41) is 15.4. The first-order valence-corrected chi connectivity index (χ1v) is 14.5. The van der Waals surface area contributed by atoms with Crippen molar-refractivity contribution in [1.82, 2.24) is 10.3 Å². The van der Waals surface area contributed by atoms with Crippen LogP contribution in [0.2, 0.25) is 5.02 Å². The molecule has 3 fully saturated rings. The number of phenols is 1. The Morgan fingerprint density at radius 2 is 1.70 bits per heavy atom. The van der Waals surface area contributed by atoms with Gasteiger partial charge in [0.2, 0.25) is 11.8 Å². The lowest BCUT2D eigenvalue weighted by atomic mass is 9.49. The van der Waals surface area contributed by atoms with E-state index in [1.54, 1.807) is 49.4 Å². The average Bonchev–Trinajstić information content (AvgIpc) is 3.40. The Morgan fingerprint density at radius 3 is 2.42 bits per heavy atom. The van der Waals surface area contributed by atoms with Crippen LogP contribution in [0.15, 0.2) is 78.4 Å². The molecule has 0 aromatic heterocycles. The number of rotatable bonds is 4. The molecule has 8 nitrogen and oxygen atoms in total. The first-order valence-electron chi connectivity index (χ1n) is 14.1. The molecule has 43 heavy (non-hydrogen) atoms. The first-order chi connectivity index (χ1) is 20.6. The van der Waals surface area contributed by atoms with Crippen molar-refractivity contribution in [2.24, 2.45) is 23.7 Å². The number of nitrogens with zero attached hydrogens (tertiary/aromatic N) is 1. The van der Waals surface area contributed by atoms with Gasteiger partial charge < -0.3 is 5.11 Å². The number of phenolic OH excluding ortho intramolecular Hbond substituents is 1. The van der Waals surface area contributed by atoms with Crippen molar-refractivity contribution in [3.05, 3.63) is 106 Å². The van der Waals surface area contributed by atoms with Gasteiger partial charge >= 0.3 is 0 Å². The molecule has 4 amide bonds. The molecule has 10 heteroatoms. The van der Waals surface area contributed by atoms with Gasteiger partial charge in [-0.15, -0.1) is 0 Å². The van der Waals surface area contributed by atoms with Crippen LogP contribution >= 0.6 is 11.6 Å². The van der Waals surface area contributed by atoms with Crippen molar-refractivity contribution in [3.63, 3.8) is 0 Å². The first kappa shape index (κ1) is 27.3. The van der Waals surface area contributed by atoms with Crippen LogP contribution in [0.5, 0.6) is 5.75 Å². The number of hydrazine groups is 1. The van der Waals surface area contributed by atoms with Crippen molar-refractivity contribution in [1.29, 1.82) is 0 Å². The molecule has 1 saturated carbocycles. The van der Waals surface area contributed by atoms with E-state index in [1.807, 2.05) is 6.08 Å². The van der Waals surface area contributed by atoms with Crippen LogP contribution in [0.3, 0.4) is 0 Å². The summed E-state index contributed by atoms with van der Waals surface area (Å²) in [6.07, 6.45) is 2.34. The van der Waals surface area contributed by atoms with Crippen LogP contribution in [0, 0.1) is 36.4 Å². The second-order valence-corrected chi connectivity index (χ2v) is 12.2.